The standard InChI is InChI=1S/C12H22O2.Sn/c1-5-7-8-11(6-2)9-14-12(13)10(3)4;/h11H,3,5-9H2,1-2,4H3;. The first kappa shape index (κ1) is 17.4. The minimum Gasteiger partial charge on any atom is -0.462 e. The number of esters is 1. The Hall–Kier alpha value is 0.00870. The number of carbonyl (C=O) groups is 1. The van der Waals surface area contributed by atoms with Gasteiger partial charge in [0, 0.05) is 29.5 Å². The average molecular weight is 317 g/mol. The molecule has 0 aromatic carbocycles. The number of rotatable bonds is 7. The summed E-state index contributed by atoms with van der Waals surface area (Å²) in [6, 6.07) is 0. The maximum Gasteiger partial charge on any atom is 0.333 e. The Balaban J connectivity index is 0. The van der Waals surface area contributed by atoms with Crippen LogP contribution in [0.2, 0.25) is 0 Å². The Labute approximate surface area is 110 Å². The van der Waals surface area contributed by atoms with Crippen LogP contribution in [-0.4, -0.2) is 36.5 Å². The average Bonchev–Trinajstić information content (AvgIpc) is 2.17. The predicted octanol–water partition coefficient (Wildman–Crippen LogP) is 2.94. The fourth-order valence-electron chi connectivity index (χ4n) is 1.21. The first-order chi connectivity index (χ1) is 6.61. The minimum atomic E-state index is -0.264. The van der Waals surface area contributed by atoms with Crippen molar-refractivity contribution in [2.24, 2.45) is 5.92 Å². The SMILES string of the molecule is C=C(C)C(=O)OCC(CC)CCCC.[Sn]. The van der Waals surface area contributed by atoms with E-state index in [1.165, 1.54) is 12.8 Å². The van der Waals surface area contributed by atoms with E-state index >= 15 is 0 Å². The molecule has 0 aromatic heterocycles. The van der Waals surface area contributed by atoms with Crippen LogP contribution in [0.3, 0.4) is 0 Å². The minimum absolute atomic E-state index is 0. The van der Waals surface area contributed by atoms with E-state index in [9.17, 15) is 4.79 Å². The van der Waals surface area contributed by atoms with E-state index in [4.69, 9.17) is 4.74 Å². The van der Waals surface area contributed by atoms with Gasteiger partial charge in [-0.1, -0.05) is 39.7 Å². The van der Waals surface area contributed by atoms with Gasteiger partial charge in [0.2, 0.25) is 0 Å². The maximum atomic E-state index is 11.1. The van der Waals surface area contributed by atoms with Crippen molar-refractivity contribution in [3.8, 4) is 0 Å². The van der Waals surface area contributed by atoms with E-state index in [0.29, 0.717) is 18.1 Å². The molecule has 1 atom stereocenters. The van der Waals surface area contributed by atoms with Gasteiger partial charge in [-0.15, -0.1) is 0 Å². The molecule has 2 nitrogen and oxygen atoms in total. The van der Waals surface area contributed by atoms with Gasteiger partial charge in [0.15, 0.2) is 0 Å². The van der Waals surface area contributed by atoms with Crippen molar-refractivity contribution in [2.45, 2.75) is 46.5 Å². The molecule has 4 radical (unpaired) electrons. The third kappa shape index (κ3) is 8.97. The van der Waals surface area contributed by atoms with Crippen molar-refractivity contribution < 1.29 is 9.53 Å². The van der Waals surface area contributed by atoms with Crippen LogP contribution in [0.5, 0.6) is 0 Å². The fraction of sp³-hybridized carbons (Fsp3) is 0.750. The summed E-state index contributed by atoms with van der Waals surface area (Å²) >= 11 is 0. The summed E-state index contributed by atoms with van der Waals surface area (Å²) < 4.78 is 5.12. The van der Waals surface area contributed by atoms with E-state index in [2.05, 4.69) is 20.4 Å². The topological polar surface area (TPSA) is 26.3 Å². The largest absolute Gasteiger partial charge is 0.462 e. The van der Waals surface area contributed by atoms with Crippen LogP contribution in [-0.2, 0) is 9.53 Å². The molecular formula is C12H22O2Sn. The normalized spacial score (nSPS) is 11.4. The van der Waals surface area contributed by atoms with Gasteiger partial charge in [-0.3, -0.25) is 0 Å². The molecule has 1 unspecified atom stereocenters. The quantitative estimate of drug-likeness (QED) is 0.410. The second-order valence-electron chi connectivity index (χ2n) is 3.80. The molecule has 0 amide bonds. The second kappa shape index (κ2) is 10.5. The van der Waals surface area contributed by atoms with Crippen molar-refractivity contribution in [1.29, 1.82) is 0 Å². The Morgan fingerprint density at radius 1 is 1.40 bits per heavy atom. The smallest absolute Gasteiger partial charge is 0.333 e. The molecule has 0 aliphatic rings. The van der Waals surface area contributed by atoms with Gasteiger partial charge in [0.05, 0.1) is 6.61 Å². The molecule has 0 rings (SSSR count). The molecule has 0 spiro atoms. The Kier molecular flexibility index (Phi) is 12.2. The number of ether oxygens (including phenoxy) is 1. The molecule has 0 N–H and O–H groups in total. The van der Waals surface area contributed by atoms with Gasteiger partial charge in [0.1, 0.15) is 0 Å². The van der Waals surface area contributed by atoms with Gasteiger partial charge >= 0.3 is 5.97 Å². The molecule has 0 saturated carbocycles. The van der Waals surface area contributed by atoms with E-state index in [0.717, 1.165) is 12.8 Å². The van der Waals surface area contributed by atoms with Crippen molar-refractivity contribution in [1.82, 2.24) is 0 Å². The van der Waals surface area contributed by atoms with Crippen LogP contribution in [0.15, 0.2) is 12.2 Å². The van der Waals surface area contributed by atoms with E-state index in [1.807, 2.05) is 0 Å². The van der Waals surface area contributed by atoms with Crippen LogP contribution in [0.4, 0.5) is 0 Å². The Bertz CT molecular complexity index is 190. The molecule has 86 valence electrons. The van der Waals surface area contributed by atoms with Crippen LogP contribution >= 0.6 is 0 Å². The summed E-state index contributed by atoms with van der Waals surface area (Å²) in [6.45, 7) is 10.1. The number of unbranched alkanes of at least 4 members (excludes halogenated alkanes) is 1. The Morgan fingerprint density at radius 2 is 2.00 bits per heavy atom. The summed E-state index contributed by atoms with van der Waals surface area (Å²) in [5.41, 5.74) is 0.482. The molecule has 0 aliphatic heterocycles. The molecule has 0 heterocycles. The summed E-state index contributed by atoms with van der Waals surface area (Å²) in [4.78, 5) is 11.1. The summed E-state index contributed by atoms with van der Waals surface area (Å²) in [5.74, 6) is 0.248. The van der Waals surface area contributed by atoms with Crippen LogP contribution in [0.25, 0.3) is 0 Å². The number of carbonyl (C=O) groups excluding carboxylic acids is 1. The molecule has 3 heteroatoms. The summed E-state index contributed by atoms with van der Waals surface area (Å²) in [6.07, 6.45) is 4.63. The monoisotopic (exact) mass is 318 g/mol. The van der Waals surface area contributed by atoms with Crippen LogP contribution < -0.4 is 0 Å². The fourth-order valence-corrected chi connectivity index (χ4v) is 1.21. The molecule has 0 saturated heterocycles. The van der Waals surface area contributed by atoms with Gasteiger partial charge in [-0.25, -0.2) is 4.79 Å². The summed E-state index contributed by atoms with van der Waals surface area (Å²) in [5, 5.41) is 0. The Morgan fingerprint density at radius 3 is 2.40 bits per heavy atom. The zero-order valence-corrected chi connectivity index (χ0v) is 13.0. The molecule has 0 aliphatic carbocycles. The van der Waals surface area contributed by atoms with E-state index in [-0.39, 0.29) is 29.9 Å². The number of hydrogen-bond acceptors (Lipinski definition) is 2. The van der Waals surface area contributed by atoms with Gasteiger partial charge in [-0.05, 0) is 19.3 Å². The van der Waals surface area contributed by atoms with Crippen molar-refractivity contribution >= 4 is 29.9 Å². The number of hydrogen-bond donors (Lipinski definition) is 0. The predicted molar refractivity (Wildman–Crippen MR) is 64.8 cm³/mol. The van der Waals surface area contributed by atoms with Crippen molar-refractivity contribution in [2.75, 3.05) is 6.61 Å². The zero-order chi connectivity index (χ0) is 11.0. The third-order valence-corrected chi connectivity index (χ3v) is 2.34. The zero-order valence-electron chi connectivity index (χ0n) is 10.1. The van der Waals surface area contributed by atoms with Gasteiger partial charge in [0.25, 0.3) is 0 Å². The van der Waals surface area contributed by atoms with Crippen LogP contribution in [0, 0.1) is 5.92 Å². The molecular weight excluding hydrogens is 295 g/mol. The van der Waals surface area contributed by atoms with Crippen molar-refractivity contribution in [3.63, 3.8) is 0 Å². The molecule has 0 fully saturated rings. The molecule has 15 heavy (non-hydrogen) atoms. The van der Waals surface area contributed by atoms with Gasteiger partial charge < -0.3 is 4.74 Å². The summed E-state index contributed by atoms with van der Waals surface area (Å²) in [7, 11) is 0. The van der Waals surface area contributed by atoms with Crippen LogP contribution in [0.1, 0.15) is 46.5 Å². The van der Waals surface area contributed by atoms with E-state index in [1.54, 1.807) is 6.92 Å². The molecule has 0 bridgehead atoms. The van der Waals surface area contributed by atoms with E-state index < -0.39 is 0 Å². The first-order valence-corrected chi connectivity index (χ1v) is 5.44. The molecule has 0 aromatic rings. The third-order valence-electron chi connectivity index (χ3n) is 2.34. The maximum absolute atomic E-state index is 11.1. The van der Waals surface area contributed by atoms with Crippen molar-refractivity contribution in [3.05, 3.63) is 12.2 Å². The van der Waals surface area contributed by atoms with Gasteiger partial charge in [-0.2, -0.15) is 0 Å². The first-order valence-electron chi connectivity index (χ1n) is 5.44. The second-order valence-corrected chi connectivity index (χ2v) is 3.80.